The molecule has 0 radical (unpaired) electrons. The average Bonchev–Trinajstić information content (AvgIpc) is 2.96. The van der Waals surface area contributed by atoms with Gasteiger partial charge in [-0.2, -0.15) is 0 Å². The van der Waals surface area contributed by atoms with Crippen LogP contribution in [-0.4, -0.2) is 19.7 Å². The van der Waals surface area contributed by atoms with Crippen LogP contribution in [0.2, 0.25) is 0 Å². The summed E-state index contributed by atoms with van der Waals surface area (Å²) in [6.45, 7) is 6.27. The van der Waals surface area contributed by atoms with Crippen LogP contribution in [0.3, 0.4) is 0 Å². The van der Waals surface area contributed by atoms with Crippen molar-refractivity contribution < 1.29 is 4.21 Å². The van der Waals surface area contributed by atoms with E-state index in [0.29, 0.717) is 5.16 Å². The van der Waals surface area contributed by atoms with Crippen LogP contribution in [-0.2, 0) is 23.6 Å². The summed E-state index contributed by atoms with van der Waals surface area (Å²) >= 11 is 0. The van der Waals surface area contributed by atoms with Crippen LogP contribution in [0.1, 0.15) is 55.9 Å². The minimum atomic E-state index is -1.26. The highest BCUT2D eigenvalue weighted by atomic mass is 32.2. The van der Waals surface area contributed by atoms with Crippen molar-refractivity contribution in [2.45, 2.75) is 62.5 Å². The number of nitrogens with one attached hydrogen (secondary N) is 2. The molecule has 0 saturated heterocycles. The molecule has 23 heavy (non-hydrogen) atoms. The Morgan fingerprint density at radius 2 is 1.87 bits per heavy atom. The van der Waals surface area contributed by atoms with Gasteiger partial charge in [-0.15, -0.1) is 0 Å². The van der Waals surface area contributed by atoms with Crippen LogP contribution in [0.5, 0.6) is 0 Å². The van der Waals surface area contributed by atoms with Gasteiger partial charge in [0.15, 0.2) is 5.16 Å². The Hall–Kier alpha value is -1.46. The van der Waals surface area contributed by atoms with E-state index >= 15 is 0 Å². The van der Waals surface area contributed by atoms with Crippen molar-refractivity contribution in [3.8, 4) is 0 Å². The number of benzene rings is 1. The molecule has 2 atom stereocenters. The second-order valence-corrected chi connectivity index (χ2v) is 8.61. The third-order valence-corrected chi connectivity index (χ3v) is 5.40. The van der Waals surface area contributed by atoms with E-state index in [4.69, 9.17) is 0 Å². The number of aryl methyl sites for hydroxylation is 2. The molecule has 0 fully saturated rings. The molecule has 1 aromatic carbocycles. The lowest BCUT2D eigenvalue weighted by molar-refractivity contribution is 0.413. The van der Waals surface area contributed by atoms with Gasteiger partial charge in [0.25, 0.3) is 0 Å². The number of hydrogen-bond donors (Lipinski definition) is 2. The SMILES string of the molecule is CC(C)(C)NC(c1ccccc1)S(=O)c1nc2c([nH]1)CCCC2. The van der Waals surface area contributed by atoms with Crippen molar-refractivity contribution in [2.24, 2.45) is 0 Å². The molecular formula is C18H25N3OS. The molecule has 124 valence electrons. The third-order valence-electron chi connectivity index (χ3n) is 4.00. The molecule has 0 aliphatic heterocycles. The highest BCUT2D eigenvalue weighted by Crippen LogP contribution is 2.26. The van der Waals surface area contributed by atoms with E-state index < -0.39 is 10.8 Å². The largest absolute Gasteiger partial charge is 0.334 e. The lowest BCUT2D eigenvalue weighted by Gasteiger charge is -2.27. The number of nitrogens with zero attached hydrogens (tertiary/aromatic N) is 1. The lowest BCUT2D eigenvalue weighted by Crippen LogP contribution is -2.40. The maximum Gasteiger partial charge on any atom is 0.198 e. The van der Waals surface area contributed by atoms with Gasteiger partial charge in [0.1, 0.15) is 16.2 Å². The van der Waals surface area contributed by atoms with Crippen molar-refractivity contribution >= 4 is 10.8 Å². The van der Waals surface area contributed by atoms with E-state index in [2.05, 4.69) is 36.1 Å². The van der Waals surface area contributed by atoms with Gasteiger partial charge in [-0.3, -0.25) is 5.32 Å². The van der Waals surface area contributed by atoms with Gasteiger partial charge >= 0.3 is 0 Å². The standard InChI is InChI=1S/C18H25N3OS/c1-18(2,3)21-16(13-9-5-4-6-10-13)23(22)17-19-14-11-7-8-12-15(14)20-17/h4-6,9-10,16,21H,7-8,11-12H2,1-3H3,(H,19,20). The minimum Gasteiger partial charge on any atom is -0.334 e. The third kappa shape index (κ3) is 3.90. The maximum atomic E-state index is 13.2. The van der Waals surface area contributed by atoms with E-state index in [0.717, 1.165) is 24.1 Å². The second-order valence-electron chi connectivity index (χ2n) is 7.16. The predicted molar refractivity (Wildman–Crippen MR) is 93.7 cm³/mol. The summed E-state index contributed by atoms with van der Waals surface area (Å²) < 4.78 is 13.2. The normalized spacial score (nSPS) is 17.5. The summed E-state index contributed by atoms with van der Waals surface area (Å²) in [4.78, 5) is 7.95. The molecule has 2 unspecified atom stereocenters. The van der Waals surface area contributed by atoms with Crippen molar-refractivity contribution in [3.63, 3.8) is 0 Å². The zero-order valence-corrected chi connectivity index (χ0v) is 14.9. The fourth-order valence-electron chi connectivity index (χ4n) is 2.92. The van der Waals surface area contributed by atoms with E-state index in [1.165, 1.54) is 18.5 Å². The smallest absolute Gasteiger partial charge is 0.198 e. The monoisotopic (exact) mass is 331 g/mol. The molecule has 1 aliphatic carbocycles. The van der Waals surface area contributed by atoms with Crippen molar-refractivity contribution in [3.05, 3.63) is 47.3 Å². The van der Waals surface area contributed by atoms with Gasteiger partial charge in [-0.1, -0.05) is 30.3 Å². The number of rotatable bonds is 4. The molecule has 3 rings (SSSR count). The van der Waals surface area contributed by atoms with Crippen LogP contribution >= 0.6 is 0 Å². The average molecular weight is 331 g/mol. The molecule has 1 aliphatic rings. The topological polar surface area (TPSA) is 57.8 Å². The van der Waals surface area contributed by atoms with Gasteiger partial charge in [-0.25, -0.2) is 9.19 Å². The molecule has 0 amide bonds. The maximum absolute atomic E-state index is 13.2. The fourth-order valence-corrected chi connectivity index (χ4v) is 4.43. The molecule has 1 heterocycles. The van der Waals surface area contributed by atoms with Crippen molar-refractivity contribution in [1.29, 1.82) is 0 Å². The molecular weight excluding hydrogens is 306 g/mol. The van der Waals surface area contributed by atoms with Gasteiger partial charge in [0, 0.05) is 11.2 Å². The van der Waals surface area contributed by atoms with Crippen molar-refractivity contribution in [2.75, 3.05) is 0 Å². The van der Waals surface area contributed by atoms with Crippen LogP contribution in [0.15, 0.2) is 35.5 Å². The molecule has 2 N–H and O–H groups in total. The fraction of sp³-hybridized carbons (Fsp3) is 0.500. The first-order chi connectivity index (χ1) is 10.9. The molecule has 0 spiro atoms. The highest BCUT2D eigenvalue weighted by molar-refractivity contribution is 7.85. The second kappa shape index (κ2) is 6.57. The molecule has 2 aromatic rings. The number of H-pyrrole nitrogens is 1. The Bertz CT molecular complexity index is 665. The molecule has 5 heteroatoms. The summed E-state index contributed by atoms with van der Waals surface area (Å²) in [6, 6.07) is 9.98. The van der Waals surface area contributed by atoms with E-state index in [1.54, 1.807) is 0 Å². The minimum absolute atomic E-state index is 0.137. The Balaban J connectivity index is 1.92. The summed E-state index contributed by atoms with van der Waals surface area (Å²) in [5.74, 6) is 0. The summed E-state index contributed by atoms with van der Waals surface area (Å²) in [5.41, 5.74) is 3.15. The number of imidazole rings is 1. The Kier molecular flexibility index (Phi) is 4.69. The van der Waals surface area contributed by atoms with Crippen LogP contribution in [0.25, 0.3) is 0 Å². The zero-order valence-electron chi connectivity index (χ0n) is 14.1. The van der Waals surface area contributed by atoms with E-state index in [1.807, 2.05) is 30.3 Å². The van der Waals surface area contributed by atoms with Gasteiger partial charge in [0.2, 0.25) is 0 Å². The Morgan fingerprint density at radius 1 is 1.17 bits per heavy atom. The van der Waals surface area contributed by atoms with Crippen molar-refractivity contribution in [1.82, 2.24) is 15.3 Å². The molecule has 4 nitrogen and oxygen atoms in total. The summed E-state index contributed by atoms with van der Waals surface area (Å²) in [5, 5.41) is 3.82. The Labute approximate surface area is 140 Å². The summed E-state index contributed by atoms with van der Waals surface area (Å²) in [7, 11) is -1.26. The highest BCUT2D eigenvalue weighted by Gasteiger charge is 2.28. The van der Waals surface area contributed by atoms with E-state index in [9.17, 15) is 4.21 Å². The van der Waals surface area contributed by atoms with Crippen LogP contribution < -0.4 is 5.32 Å². The first kappa shape index (κ1) is 16.4. The molecule has 0 saturated carbocycles. The summed E-state index contributed by atoms with van der Waals surface area (Å²) in [6.07, 6.45) is 4.36. The number of hydrogen-bond acceptors (Lipinski definition) is 3. The number of fused-ring (bicyclic) bond motifs is 1. The van der Waals surface area contributed by atoms with Gasteiger partial charge in [0.05, 0.1) is 5.69 Å². The quantitative estimate of drug-likeness (QED) is 0.902. The number of aromatic nitrogens is 2. The zero-order chi connectivity index (χ0) is 16.4. The number of aromatic amines is 1. The molecule has 0 bridgehead atoms. The van der Waals surface area contributed by atoms with Crippen LogP contribution in [0, 0.1) is 0 Å². The molecule has 1 aromatic heterocycles. The first-order valence-electron chi connectivity index (χ1n) is 8.25. The van der Waals surface area contributed by atoms with Crippen LogP contribution in [0.4, 0.5) is 0 Å². The first-order valence-corrected chi connectivity index (χ1v) is 9.46. The Morgan fingerprint density at radius 3 is 2.52 bits per heavy atom. The lowest BCUT2D eigenvalue weighted by atomic mass is 10.0. The van der Waals surface area contributed by atoms with Gasteiger partial charge < -0.3 is 4.98 Å². The predicted octanol–water partition coefficient (Wildman–Crippen LogP) is 3.48. The van der Waals surface area contributed by atoms with Gasteiger partial charge in [-0.05, 0) is 52.0 Å². The van der Waals surface area contributed by atoms with E-state index in [-0.39, 0.29) is 10.9 Å².